The van der Waals surface area contributed by atoms with Crippen molar-refractivity contribution in [3.63, 3.8) is 0 Å². The van der Waals surface area contributed by atoms with Crippen LogP contribution in [0, 0.1) is 6.92 Å². The van der Waals surface area contributed by atoms with Gasteiger partial charge in [0.15, 0.2) is 4.80 Å². The minimum atomic E-state index is -0.291. The van der Waals surface area contributed by atoms with E-state index >= 15 is 0 Å². The number of carbonyl (C=O) groups is 1. The highest BCUT2D eigenvalue weighted by atomic mass is 35.5. The largest absolute Gasteiger partial charge is 0.380 e. The first-order chi connectivity index (χ1) is 14.1. The molecule has 0 fully saturated rings. The number of nitrogens with zero attached hydrogens (tertiary/aromatic N) is 3. The summed E-state index contributed by atoms with van der Waals surface area (Å²) < 4.78 is 8.45. The van der Waals surface area contributed by atoms with Crippen LogP contribution in [0.25, 0.3) is 21.1 Å². The molecule has 29 heavy (non-hydrogen) atoms. The van der Waals surface area contributed by atoms with Crippen molar-refractivity contribution in [2.75, 3.05) is 13.2 Å². The first-order valence-electron chi connectivity index (χ1n) is 9.39. The first-order valence-corrected chi connectivity index (χ1v) is 10.6. The van der Waals surface area contributed by atoms with Gasteiger partial charge < -0.3 is 9.30 Å². The number of aromatic nitrogens is 2. The number of para-hydroxylation sites is 1. The first kappa shape index (κ1) is 19.8. The van der Waals surface area contributed by atoms with Crippen molar-refractivity contribution in [2.24, 2.45) is 4.99 Å². The summed E-state index contributed by atoms with van der Waals surface area (Å²) >= 11 is 7.88. The average molecular weight is 426 g/mol. The van der Waals surface area contributed by atoms with Crippen LogP contribution in [0.1, 0.15) is 23.0 Å². The fourth-order valence-electron chi connectivity index (χ4n) is 3.19. The second-order valence-electron chi connectivity index (χ2n) is 6.60. The number of ether oxygens (including phenoxy) is 1. The zero-order chi connectivity index (χ0) is 20.4. The lowest BCUT2D eigenvalue weighted by Gasteiger charge is -2.06. The summed E-state index contributed by atoms with van der Waals surface area (Å²) in [7, 11) is 0. The van der Waals surface area contributed by atoms with Gasteiger partial charge in [-0.25, -0.2) is 0 Å². The molecule has 0 radical (unpaired) electrons. The third kappa shape index (κ3) is 4.10. The number of hydrogen-bond donors (Lipinski definition) is 0. The second kappa shape index (κ2) is 8.45. The minimum Gasteiger partial charge on any atom is -0.380 e. The fourth-order valence-corrected chi connectivity index (χ4v) is 4.61. The Balaban J connectivity index is 1.78. The Bertz CT molecular complexity index is 1280. The number of pyridine rings is 1. The number of amides is 1. The molecule has 0 bridgehead atoms. The Morgan fingerprint density at radius 1 is 1.24 bits per heavy atom. The maximum atomic E-state index is 12.9. The topological polar surface area (TPSA) is 56.5 Å². The summed E-state index contributed by atoms with van der Waals surface area (Å²) in [6.07, 6.45) is 0. The van der Waals surface area contributed by atoms with Crippen molar-refractivity contribution in [3.8, 4) is 0 Å². The molecule has 4 rings (SSSR count). The van der Waals surface area contributed by atoms with Crippen molar-refractivity contribution in [3.05, 3.63) is 69.6 Å². The molecule has 0 unspecified atom stereocenters. The third-order valence-electron chi connectivity index (χ3n) is 4.59. The maximum absolute atomic E-state index is 12.9. The number of rotatable bonds is 5. The minimum absolute atomic E-state index is 0.291. The van der Waals surface area contributed by atoms with E-state index in [9.17, 15) is 4.79 Å². The van der Waals surface area contributed by atoms with Gasteiger partial charge in [-0.05, 0) is 50.2 Å². The Hall–Kier alpha value is -2.54. The molecule has 0 aliphatic rings. The quantitative estimate of drug-likeness (QED) is 0.423. The van der Waals surface area contributed by atoms with Gasteiger partial charge in [0.1, 0.15) is 0 Å². The third-order valence-corrected chi connectivity index (χ3v) is 5.94. The molecule has 0 atom stereocenters. The SMILES string of the molecule is CCOCCn1c(=NC(=O)c2ccc3nc(C)ccc3c2)sc2cccc(Cl)c21. The number of aryl methyl sites for hydroxylation is 1. The summed E-state index contributed by atoms with van der Waals surface area (Å²) in [5, 5.41) is 1.55. The standard InChI is InChI=1S/C22H20ClN3O2S/c1-3-28-12-11-26-20-17(23)5-4-6-19(20)29-22(26)25-21(27)16-9-10-18-15(13-16)8-7-14(2)24-18/h4-10,13H,3,11-12H2,1-2H3. The van der Waals surface area contributed by atoms with E-state index in [2.05, 4.69) is 9.98 Å². The molecule has 4 aromatic rings. The van der Waals surface area contributed by atoms with Crippen LogP contribution in [-0.4, -0.2) is 28.7 Å². The van der Waals surface area contributed by atoms with E-state index in [0.29, 0.717) is 35.1 Å². The molecule has 7 heteroatoms. The van der Waals surface area contributed by atoms with Crippen molar-refractivity contribution >= 4 is 50.0 Å². The molecule has 5 nitrogen and oxygen atoms in total. The monoisotopic (exact) mass is 425 g/mol. The van der Waals surface area contributed by atoms with E-state index in [1.165, 1.54) is 11.3 Å². The average Bonchev–Trinajstić information content (AvgIpc) is 3.06. The maximum Gasteiger partial charge on any atom is 0.279 e. The highest BCUT2D eigenvalue weighted by Crippen LogP contribution is 2.25. The van der Waals surface area contributed by atoms with Gasteiger partial charge in [-0.15, -0.1) is 0 Å². The molecule has 0 saturated carbocycles. The summed E-state index contributed by atoms with van der Waals surface area (Å²) in [6, 6.07) is 15.1. The van der Waals surface area contributed by atoms with Crippen LogP contribution in [0.3, 0.4) is 0 Å². The molecule has 0 saturated heterocycles. The molecule has 0 aliphatic heterocycles. The van der Waals surface area contributed by atoms with Gasteiger partial charge in [0.2, 0.25) is 0 Å². The van der Waals surface area contributed by atoms with E-state index in [0.717, 1.165) is 26.8 Å². The predicted molar refractivity (Wildman–Crippen MR) is 118 cm³/mol. The van der Waals surface area contributed by atoms with Gasteiger partial charge in [0, 0.05) is 29.8 Å². The number of fused-ring (bicyclic) bond motifs is 2. The molecule has 2 aromatic heterocycles. The summed E-state index contributed by atoms with van der Waals surface area (Å²) in [4.78, 5) is 22.4. The van der Waals surface area contributed by atoms with Crippen LogP contribution in [0.5, 0.6) is 0 Å². The van der Waals surface area contributed by atoms with Crippen LogP contribution in [0.15, 0.2) is 53.5 Å². The summed E-state index contributed by atoms with van der Waals surface area (Å²) in [6.45, 7) is 5.63. The Morgan fingerprint density at radius 3 is 2.93 bits per heavy atom. The van der Waals surface area contributed by atoms with Crippen molar-refractivity contribution in [1.29, 1.82) is 0 Å². The highest BCUT2D eigenvalue weighted by Gasteiger charge is 2.12. The molecular weight excluding hydrogens is 406 g/mol. The number of benzene rings is 2. The van der Waals surface area contributed by atoms with Gasteiger partial charge in [-0.2, -0.15) is 4.99 Å². The molecule has 0 N–H and O–H groups in total. The predicted octanol–water partition coefficient (Wildman–Crippen LogP) is 4.99. The molecular formula is C22H20ClN3O2S. The van der Waals surface area contributed by atoms with Crippen molar-refractivity contribution in [1.82, 2.24) is 9.55 Å². The van der Waals surface area contributed by atoms with Crippen molar-refractivity contribution < 1.29 is 9.53 Å². The van der Waals surface area contributed by atoms with Gasteiger partial charge in [0.05, 0.1) is 27.4 Å². The van der Waals surface area contributed by atoms with Gasteiger partial charge in [-0.3, -0.25) is 9.78 Å². The molecule has 148 valence electrons. The van der Waals surface area contributed by atoms with E-state index in [1.54, 1.807) is 6.07 Å². The van der Waals surface area contributed by atoms with E-state index in [1.807, 2.05) is 60.9 Å². The van der Waals surface area contributed by atoms with Crippen LogP contribution in [-0.2, 0) is 11.3 Å². The number of thiazole rings is 1. The lowest BCUT2D eigenvalue weighted by atomic mass is 10.1. The van der Waals surface area contributed by atoms with Gasteiger partial charge in [-0.1, -0.05) is 35.1 Å². The molecule has 2 aromatic carbocycles. The van der Waals surface area contributed by atoms with Crippen LogP contribution in [0.2, 0.25) is 5.02 Å². The Labute approximate surface area is 177 Å². The molecule has 1 amide bonds. The highest BCUT2D eigenvalue weighted by molar-refractivity contribution is 7.16. The summed E-state index contributed by atoms with van der Waals surface area (Å²) in [5.41, 5.74) is 3.22. The lowest BCUT2D eigenvalue weighted by Crippen LogP contribution is -2.20. The zero-order valence-corrected chi connectivity index (χ0v) is 17.8. The second-order valence-corrected chi connectivity index (χ2v) is 8.01. The Morgan fingerprint density at radius 2 is 2.10 bits per heavy atom. The van der Waals surface area contributed by atoms with E-state index in [-0.39, 0.29) is 5.91 Å². The lowest BCUT2D eigenvalue weighted by molar-refractivity contribution is 0.0997. The van der Waals surface area contributed by atoms with Crippen LogP contribution in [0.4, 0.5) is 0 Å². The van der Waals surface area contributed by atoms with E-state index in [4.69, 9.17) is 16.3 Å². The van der Waals surface area contributed by atoms with Gasteiger partial charge >= 0.3 is 0 Å². The fraction of sp³-hybridized carbons (Fsp3) is 0.227. The molecule has 0 aliphatic carbocycles. The van der Waals surface area contributed by atoms with Crippen LogP contribution < -0.4 is 4.80 Å². The normalized spacial score (nSPS) is 12.2. The smallest absolute Gasteiger partial charge is 0.279 e. The molecule has 0 spiro atoms. The summed E-state index contributed by atoms with van der Waals surface area (Å²) in [5.74, 6) is -0.291. The number of hydrogen-bond acceptors (Lipinski definition) is 4. The Kier molecular flexibility index (Phi) is 5.76. The van der Waals surface area contributed by atoms with Gasteiger partial charge in [0.25, 0.3) is 5.91 Å². The number of carbonyl (C=O) groups excluding carboxylic acids is 1. The van der Waals surface area contributed by atoms with Crippen molar-refractivity contribution in [2.45, 2.75) is 20.4 Å². The number of halogens is 1. The van der Waals surface area contributed by atoms with Crippen LogP contribution >= 0.6 is 22.9 Å². The zero-order valence-electron chi connectivity index (χ0n) is 16.2. The van der Waals surface area contributed by atoms with E-state index < -0.39 is 0 Å². The molecule has 2 heterocycles.